The number of hydrogen-bond donors (Lipinski definition) is 2. The number of rotatable bonds is 7. The minimum atomic E-state index is -1.22. The van der Waals surface area contributed by atoms with Gasteiger partial charge in [0.25, 0.3) is 0 Å². The van der Waals surface area contributed by atoms with Crippen molar-refractivity contribution < 1.29 is 14.7 Å². The summed E-state index contributed by atoms with van der Waals surface area (Å²) in [6.07, 6.45) is 6.09. The predicted molar refractivity (Wildman–Crippen MR) is 117 cm³/mol. The third-order valence-electron chi connectivity index (χ3n) is 6.06. The summed E-state index contributed by atoms with van der Waals surface area (Å²) in [5.74, 6) is -0.593. The zero-order chi connectivity index (χ0) is 22.0. The van der Waals surface area contributed by atoms with Gasteiger partial charge >= 0.3 is 5.97 Å². The van der Waals surface area contributed by atoms with Crippen molar-refractivity contribution in [2.24, 2.45) is 0 Å². The van der Waals surface area contributed by atoms with Crippen LogP contribution in [0.25, 0.3) is 0 Å². The number of anilines is 2. The fourth-order valence-electron chi connectivity index (χ4n) is 4.18. The first-order valence-corrected chi connectivity index (χ1v) is 10.3. The molecule has 1 saturated heterocycles. The summed E-state index contributed by atoms with van der Waals surface area (Å²) in [5, 5.41) is 10.1. The third kappa shape index (κ3) is 3.76. The van der Waals surface area contributed by atoms with Crippen LogP contribution >= 0.6 is 0 Å². The summed E-state index contributed by atoms with van der Waals surface area (Å²) in [6.45, 7) is 2.44. The number of carbonyl (C=O) groups excluding carboxylic acids is 1. The number of amides is 1. The lowest BCUT2D eigenvalue weighted by molar-refractivity contribution is -0.144. The van der Waals surface area contributed by atoms with E-state index in [4.69, 9.17) is 5.73 Å². The molecule has 3 N–H and O–H groups in total. The number of benzene rings is 1. The summed E-state index contributed by atoms with van der Waals surface area (Å²) in [6, 6.07) is 12.6. The molecule has 31 heavy (non-hydrogen) atoms. The van der Waals surface area contributed by atoms with Crippen LogP contribution in [0.4, 0.5) is 11.5 Å². The first kappa shape index (κ1) is 20.6. The molecular weight excluding hydrogens is 394 g/mol. The monoisotopic (exact) mass is 419 g/mol. The Hall–Kier alpha value is -3.68. The summed E-state index contributed by atoms with van der Waals surface area (Å²) in [4.78, 5) is 35.7. The molecule has 0 spiro atoms. The molecule has 0 aliphatic carbocycles. The van der Waals surface area contributed by atoms with E-state index in [0.29, 0.717) is 30.9 Å². The van der Waals surface area contributed by atoms with Gasteiger partial charge in [0.2, 0.25) is 5.91 Å². The second-order valence-corrected chi connectivity index (χ2v) is 7.84. The maximum atomic E-state index is 13.0. The fraction of sp³-hybridized carbons (Fsp3) is 0.304. The number of carboxylic acids is 1. The minimum Gasteiger partial charge on any atom is -0.481 e. The van der Waals surface area contributed by atoms with E-state index in [0.717, 1.165) is 11.3 Å². The molecule has 0 radical (unpaired) electrons. The van der Waals surface area contributed by atoms with Crippen molar-refractivity contribution in [1.29, 1.82) is 0 Å². The lowest BCUT2D eigenvalue weighted by Crippen LogP contribution is -2.38. The summed E-state index contributed by atoms with van der Waals surface area (Å²) < 4.78 is 1.75. The van der Waals surface area contributed by atoms with Gasteiger partial charge < -0.3 is 20.3 Å². The van der Waals surface area contributed by atoms with Crippen LogP contribution < -0.4 is 10.6 Å². The average molecular weight is 419 g/mol. The molecule has 3 heterocycles. The number of nitrogens with two attached hydrogens (primary N) is 1. The summed E-state index contributed by atoms with van der Waals surface area (Å²) in [5.41, 5.74) is 6.50. The zero-order valence-corrected chi connectivity index (χ0v) is 17.3. The van der Waals surface area contributed by atoms with Gasteiger partial charge in [0.05, 0.1) is 12.0 Å². The number of aromatic nitrogens is 3. The molecule has 160 valence electrons. The van der Waals surface area contributed by atoms with Gasteiger partial charge in [-0.15, -0.1) is 0 Å². The molecule has 1 aromatic carbocycles. The number of carboxylic acid groups (broad SMARTS) is 1. The Labute approximate surface area is 180 Å². The van der Waals surface area contributed by atoms with Gasteiger partial charge in [-0.1, -0.05) is 31.2 Å². The van der Waals surface area contributed by atoms with E-state index in [1.807, 2.05) is 37.3 Å². The first-order valence-electron chi connectivity index (χ1n) is 10.3. The van der Waals surface area contributed by atoms with E-state index < -0.39 is 17.4 Å². The highest BCUT2D eigenvalue weighted by Crippen LogP contribution is 2.34. The van der Waals surface area contributed by atoms with Crippen LogP contribution in [0, 0.1) is 0 Å². The normalized spacial score (nSPS) is 18.2. The smallest absolute Gasteiger partial charge is 0.316 e. The second-order valence-electron chi connectivity index (χ2n) is 7.84. The number of carbonyl (C=O) groups is 2. The predicted octanol–water partition coefficient (Wildman–Crippen LogP) is 2.81. The van der Waals surface area contributed by atoms with Crippen LogP contribution in [-0.4, -0.2) is 38.1 Å². The van der Waals surface area contributed by atoms with Crippen LogP contribution in [0.3, 0.4) is 0 Å². The van der Waals surface area contributed by atoms with Gasteiger partial charge in [0, 0.05) is 24.6 Å². The molecule has 2 atom stereocenters. The quantitative estimate of drug-likeness (QED) is 0.609. The molecule has 4 rings (SSSR count). The lowest BCUT2D eigenvalue weighted by Gasteiger charge is -2.26. The summed E-state index contributed by atoms with van der Waals surface area (Å²) in [7, 11) is 0. The van der Waals surface area contributed by atoms with Crippen molar-refractivity contribution >= 4 is 23.4 Å². The molecule has 8 nitrogen and oxygen atoms in total. The number of nitrogen functional groups attached to an aromatic ring is 1. The van der Waals surface area contributed by atoms with Gasteiger partial charge in [-0.3, -0.25) is 9.59 Å². The van der Waals surface area contributed by atoms with Crippen LogP contribution in [0.2, 0.25) is 0 Å². The topological polar surface area (TPSA) is 114 Å². The molecule has 1 fully saturated rings. The maximum absolute atomic E-state index is 13.0. The SMILES string of the molecule is CCC(Cc1ccc(N)nc1)(C(=O)O)c1cn(C2CCN(c3ccccc3)C2=O)cn1. The molecular formula is C23H25N5O3. The Morgan fingerprint density at radius 3 is 2.65 bits per heavy atom. The van der Waals surface area contributed by atoms with Crippen molar-refractivity contribution in [2.45, 2.75) is 37.6 Å². The highest BCUT2D eigenvalue weighted by Gasteiger charge is 2.42. The molecule has 1 amide bonds. The van der Waals surface area contributed by atoms with E-state index in [1.165, 1.54) is 0 Å². The molecule has 3 aromatic rings. The van der Waals surface area contributed by atoms with Crippen molar-refractivity contribution in [3.63, 3.8) is 0 Å². The number of hydrogen-bond acceptors (Lipinski definition) is 5. The Kier molecular flexibility index (Phi) is 5.46. The molecule has 0 saturated carbocycles. The Balaban J connectivity index is 1.61. The standard InChI is InChI=1S/C23H25N5O3/c1-2-23(22(30)31,12-16-8-9-20(24)25-13-16)19-14-27(15-26-19)18-10-11-28(21(18)29)17-6-4-3-5-7-17/h3-9,13-15,18H,2,10-12H2,1H3,(H2,24,25)(H,30,31). The van der Waals surface area contributed by atoms with Crippen LogP contribution in [0.15, 0.2) is 61.2 Å². The largest absolute Gasteiger partial charge is 0.481 e. The Bertz CT molecular complexity index is 1080. The highest BCUT2D eigenvalue weighted by molar-refractivity contribution is 5.98. The number of aliphatic carboxylic acids is 1. The first-order chi connectivity index (χ1) is 14.9. The molecule has 2 aromatic heterocycles. The number of pyridine rings is 1. The molecule has 0 bridgehead atoms. The van der Waals surface area contributed by atoms with E-state index in [1.54, 1.807) is 40.3 Å². The van der Waals surface area contributed by atoms with Crippen LogP contribution in [-0.2, 0) is 21.4 Å². The van der Waals surface area contributed by atoms with Crippen molar-refractivity contribution in [1.82, 2.24) is 14.5 Å². The summed E-state index contributed by atoms with van der Waals surface area (Å²) >= 11 is 0. The van der Waals surface area contributed by atoms with Crippen molar-refractivity contribution in [2.75, 3.05) is 17.2 Å². The average Bonchev–Trinajstić information content (AvgIpc) is 3.41. The van der Waals surface area contributed by atoms with Gasteiger partial charge in [0.15, 0.2) is 0 Å². The van der Waals surface area contributed by atoms with Gasteiger partial charge in [0.1, 0.15) is 17.3 Å². The van der Waals surface area contributed by atoms with Crippen LogP contribution in [0.5, 0.6) is 0 Å². The third-order valence-corrected chi connectivity index (χ3v) is 6.06. The Morgan fingerprint density at radius 1 is 1.23 bits per heavy atom. The van der Waals surface area contributed by atoms with E-state index in [9.17, 15) is 14.7 Å². The fourth-order valence-corrected chi connectivity index (χ4v) is 4.18. The van der Waals surface area contributed by atoms with E-state index >= 15 is 0 Å². The number of imidazole rings is 1. The minimum absolute atomic E-state index is 0.0182. The highest BCUT2D eigenvalue weighted by atomic mass is 16.4. The van der Waals surface area contributed by atoms with E-state index in [-0.39, 0.29) is 12.3 Å². The zero-order valence-electron chi connectivity index (χ0n) is 17.3. The van der Waals surface area contributed by atoms with Gasteiger partial charge in [-0.2, -0.15) is 0 Å². The number of nitrogens with zero attached hydrogens (tertiary/aromatic N) is 4. The second kappa shape index (κ2) is 8.22. The Morgan fingerprint density at radius 2 is 2.00 bits per heavy atom. The van der Waals surface area contributed by atoms with Gasteiger partial charge in [-0.25, -0.2) is 9.97 Å². The van der Waals surface area contributed by atoms with Crippen LogP contribution in [0.1, 0.15) is 37.1 Å². The van der Waals surface area contributed by atoms with Gasteiger partial charge in [-0.05, 0) is 43.0 Å². The molecule has 1 aliphatic heterocycles. The molecule has 1 aliphatic rings. The molecule has 8 heteroatoms. The molecule has 2 unspecified atom stereocenters. The van der Waals surface area contributed by atoms with Crippen molar-refractivity contribution in [3.05, 3.63) is 72.4 Å². The maximum Gasteiger partial charge on any atom is 0.316 e. The van der Waals surface area contributed by atoms with E-state index in [2.05, 4.69) is 9.97 Å². The lowest BCUT2D eigenvalue weighted by atomic mass is 9.77. The number of para-hydroxylation sites is 1. The van der Waals surface area contributed by atoms with Crippen molar-refractivity contribution in [3.8, 4) is 0 Å².